The molecular formula is C21H18ClN3O3S2. The van der Waals surface area contributed by atoms with Gasteiger partial charge in [-0.15, -0.1) is 11.3 Å². The number of rotatable bonds is 6. The minimum Gasteiger partial charge on any atom is -0.361 e. The molecule has 2 heterocycles. The van der Waals surface area contributed by atoms with Crippen LogP contribution in [0.25, 0.3) is 10.9 Å². The van der Waals surface area contributed by atoms with E-state index in [-0.39, 0.29) is 28.1 Å². The van der Waals surface area contributed by atoms with Gasteiger partial charge in [0, 0.05) is 40.0 Å². The molecule has 0 fully saturated rings. The van der Waals surface area contributed by atoms with E-state index < -0.39 is 10.0 Å². The molecule has 0 aliphatic rings. The summed E-state index contributed by atoms with van der Waals surface area (Å²) in [6.07, 6.45) is 1.93. The molecule has 6 nitrogen and oxygen atoms in total. The van der Waals surface area contributed by atoms with Crippen molar-refractivity contribution < 1.29 is 13.2 Å². The number of amides is 1. The first-order chi connectivity index (χ1) is 14.3. The van der Waals surface area contributed by atoms with E-state index in [0.717, 1.165) is 33.4 Å². The number of sulfonamides is 1. The number of thiophene rings is 1. The number of hydrogen-bond donors (Lipinski definition) is 3. The molecule has 4 N–H and O–H groups in total. The second-order valence-corrected chi connectivity index (χ2v) is 9.88. The van der Waals surface area contributed by atoms with Crippen LogP contribution in [0.5, 0.6) is 0 Å². The Balaban J connectivity index is 1.65. The fourth-order valence-corrected chi connectivity index (χ4v) is 5.26. The molecule has 30 heavy (non-hydrogen) atoms. The Hall–Kier alpha value is -2.65. The average molecular weight is 460 g/mol. The van der Waals surface area contributed by atoms with E-state index in [4.69, 9.17) is 16.7 Å². The van der Waals surface area contributed by atoms with E-state index in [2.05, 4.69) is 10.3 Å². The van der Waals surface area contributed by atoms with Crippen molar-refractivity contribution in [1.29, 1.82) is 0 Å². The number of fused-ring (bicyclic) bond motifs is 1. The second kappa shape index (κ2) is 8.23. The van der Waals surface area contributed by atoms with E-state index in [0.29, 0.717) is 5.02 Å². The van der Waals surface area contributed by atoms with Crippen molar-refractivity contribution in [1.82, 2.24) is 10.3 Å². The third kappa shape index (κ3) is 4.13. The maximum atomic E-state index is 12.7. The van der Waals surface area contributed by atoms with Crippen molar-refractivity contribution >= 4 is 49.8 Å². The maximum absolute atomic E-state index is 12.7. The molecule has 0 bridgehead atoms. The summed E-state index contributed by atoms with van der Waals surface area (Å²) in [5, 5.41) is 11.2. The maximum Gasteiger partial charge on any atom is 0.252 e. The Morgan fingerprint density at radius 2 is 1.87 bits per heavy atom. The number of H-pyrrole nitrogens is 1. The van der Waals surface area contributed by atoms with Gasteiger partial charge in [-0.2, -0.15) is 0 Å². The number of benzene rings is 2. The van der Waals surface area contributed by atoms with Crippen molar-refractivity contribution in [2.75, 3.05) is 6.54 Å². The topological polar surface area (TPSA) is 105 Å². The van der Waals surface area contributed by atoms with E-state index in [1.807, 2.05) is 54.7 Å². The predicted octanol–water partition coefficient (Wildman–Crippen LogP) is 4.09. The van der Waals surface area contributed by atoms with Crippen LogP contribution in [0.1, 0.15) is 27.4 Å². The van der Waals surface area contributed by atoms with Gasteiger partial charge >= 0.3 is 0 Å². The van der Waals surface area contributed by atoms with Gasteiger partial charge < -0.3 is 10.3 Å². The van der Waals surface area contributed by atoms with Gasteiger partial charge in [-0.25, -0.2) is 13.6 Å². The number of aromatic amines is 1. The summed E-state index contributed by atoms with van der Waals surface area (Å²) in [5.74, 6) is -0.576. The fraction of sp³-hybridized carbons (Fsp3) is 0.0952. The van der Waals surface area contributed by atoms with E-state index >= 15 is 0 Å². The zero-order valence-electron chi connectivity index (χ0n) is 15.6. The van der Waals surface area contributed by atoms with Crippen LogP contribution < -0.4 is 10.5 Å². The van der Waals surface area contributed by atoms with Gasteiger partial charge in [0.2, 0.25) is 10.0 Å². The van der Waals surface area contributed by atoms with Gasteiger partial charge in [-0.05, 0) is 29.3 Å². The molecule has 4 rings (SSSR count). The number of hydrogen-bond acceptors (Lipinski definition) is 4. The number of nitrogens with two attached hydrogens (primary N) is 1. The highest BCUT2D eigenvalue weighted by Gasteiger charge is 2.22. The van der Waals surface area contributed by atoms with E-state index in [9.17, 15) is 13.2 Å². The quantitative estimate of drug-likeness (QED) is 0.404. The lowest BCUT2D eigenvalue weighted by Gasteiger charge is -2.19. The Bertz CT molecular complexity index is 1330. The molecule has 0 saturated carbocycles. The van der Waals surface area contributed by atoms with Crippen molar-refractivity contribution in [3.63, 3.8) is 0 Å². The predicted molar refractivity (Wildman–Crippen MR) is 120 cm³/mol. The summed E-state index contributed by atoms with van der Waals surface area (Å²) < 4.78 is 22.9. The lowest BCUT2D eigenvalue weighted by atomic mass is 9.90. The van der Waals surface area contributed by atoms with Gasteiger partial charge in [0.25, 0.3) is 5.91 Å². The minimum atomic E-state index is -3.84. The lowest BCUT2D eigenvalue weighted by Crippen LogP contribution is -2.28. The third-order valence-electron chi connectivity index (χ3n) is 4.86. The molecule has 0 aliphatic heterocycles. The molecular weight excluding hydrogens is 442 g/mol. The standard InChI is InChI=1S/C21H18ClN3O3S2/c22-18-7-3-1-5-14(18)16(17-10-24-19-8-4-2-6-15(17)19)11-25-21(26)13-9-20(29-12-13)30(23,27)28/h1-10,12,16,24H,11H2,(H,25,26)(H2,23,27,28)/t16-/m1/s1. The van der Waals surface area contributed by atoms with Crippen LogP contribution in [0.2, 0.25) is 5.02 Å². The molecule has 1 atom stereocenters. The Kier molecular flexibility index (Phi) is 5.66. The third-order valence-corrected chi connectivity index (χ3v) is 7.59. The molecule has 0 aliphatic carbocycles. The molecule has 2 aromatic carbocycles. The number of halogens is 1. The normalized spacial score (nSPS) is 12.7. The fourth-order valence-electron chi connectivity index (χ4n) is 3.41. The van der Waals surface area contributed by atoms with E-state index in [1.54, 1.807) is 0 Å². The summed E-state index contributed by atoms with van der Waals surface area (Å²) in [6, 6.07) is 16.7. The van der Waals surface area contributed by atoms with Crippen molar-refractivity contribution in [2.45, 2.75) is 10.1 Å². The molecule has 0 radical (unpaired) electrons. The molecule has 154 valence electrons. The number of nitrogens with one attached hydrogen (secondary N) is 2. The Morgan fingerprint density at radius 3 is 2.60 bits per heavy atom. The van der Waals surface area contributed by atoms with Gasteiger partial charge in [0.15, 0.2) is 0 Å². The van der Waals surface area contributed by atoms with Crippen LogP contribution in [0.4, 0.5) is 0 Å². The lowest BCUT2D eigenvalue weighted by molar-refractivity contribution is 0.0953. The number of primary sulfonamides is 1. The molecule has 9 heteroatoms. The van der Waals surface area contributed by atoms with Crippen LogP contribution in [0.15, 0.2) is 70.4 Å². The number of carbonyl (C=O) groups excluding carboxylic acids is 1. The van der Waals surface area contributed by atoms with Crippen LogP contribution in [0, 0.1) is 0 Å². The molecule has 1 amide bonds. The summed E-state index contributed by atoms with van der Waals surface area (Å²) in [4.78, 5) is 15.9. The largest absolute Gasteiger partial charge is 0.361 e. The van der Waals surface area contributed by atoms with Gasteiger partial charge in [-0.1, -0.05) is 48.0 Å². The zero-order chi connectivity index (χ0) is 21.3. The SMILES string of the molecule is NS(=O)(=O)c1cc(C(=O)NC[C@H](c2ccccc2Cl)c2c[nH]c3ccccc23)cs1. The minimum absolute atomic E-state index is 0.0491. The van der Waals surface area contributed by atoms with Crippen molar-refractivity contribution in [3.05, 3.63) is 87.9 Å². The van der Waals surface area contributed by atoms with Crippen molar-refractivity contribution in [2.24, 2.45) is 5.14 Å². The number of aromatic nitrogens is 1. The van der Waals surface area contributed by atoms with Crippen LogP contribution >= 0.6 is 22.9 Å². The average Bonchev–Trinajstić information content (AvgIpc) is 3.37. The summed E-state index contributed by atoms with van der Waals surface area (Å²) >= 11 is 7.39. The highest BCUT2D eigenvalue weighted by Crippen LogP contribution is 2.34. The highest BCUT2D eigenvalue weighted by atomic mass is 35.5. The number of para-hydroxylation sites is 1. The second-order valence-electron chi connectivity index (χ2n) is 6.77. The summed E-state index contributed by atoms with van der Waals surface area (Å²) in [7, 11) is -3.84. The van der Waals surface area contributed by atoms with Crippen LogP contribution in [-0.2, 0) is 10.0 Å². The summed E-state index contributed by atoms with van der Waals surface area (Å²) in [6.45, 7) is 0.283. The molecule has 2 aromatic heterocycles. The van der Waals surface area contributed by atoms with Crippen LogP contribution in [-0.4, -0.2) is 25.9 Å². The molecule has 0 unspecified atom stereocenters. The monoisotopic (exact) mass is 459 g/mol. The van der Waals surface area contributed by atoms with E-state index in [1.165, 1.54) is 11.4 Å². The Morgan fingerprint density at radius 1 is 1.13 bits per heavy atom. The summed E-state index contributed by atoms with van der Waals surface area (Å²) in [5.41, 5.74) is 3.14. The molecule has 0 spiro atoms. The smallest absolute Gasteiger partial charge is 0.252 e. The highest BCUT2D eigenvalue weighted by molar-refractivity contribution is 7.91. The number of carbonyl (C=O) groups is 1. The van der Waals surface area contributed by atoms with Crippen molar-refractivity contribution in [3.8, 4) is 0 Å². The van der Waals surface area contributed by atoms with Gasteiger partial charge in [0.05, 0.1) is 5.56 Å². The first kappa shape index (κ1) is 20.6. The molecule has 4 aromatic rings. The first-order valence-corrected chi connectivity index (χ1v) is 11.8. The first-order valence-electron chi connectivity index (χ1n) is 9.04. The van der Waals surface area contributed by atoms with Gasteiger partial charge in [0.1, 0.15) is 4.21 Å². The Labute approximate surface area is 182 Å². The van der Waals surface area contributed by atoms with Gasteiger partial charge in [-0.3, -0.25) is 4.79 Å². The zero-order valence-corrected chi connectivity index (χ0v) is 18.0. The molecule has 0 saturated heterocycles. The van der Waals surface area contributed by atoms with Crippen LogP contribution in [0.3, 0.4) is 0 Å².